The van der Waals surface area contributed by atoms with Crippen molar-refractivity contribution in [3.8, 4) is 0 Å². The molecule has 2 rings (SSSR count). The van der Waals surface area contributed by atoms with Gasteiger partial charge >= 0.3 is 0 Å². The maximum Gasteiger partial charge on any atom is 0.190 e. The number of hydrogen-bond donors (Lipinski definition) is 2. The molecule has 2 N–H and O–H groups in total. The van der Waals surface area contributed by atoms with Crippen LogP contribution in [0.4, 0.5) is 4.39 Å². The Morgan fingerprint density at radius 3 is 2.36 bits per heavy atom. The van der Waals surface area contributed by atoms with E-state index in [1.165, 1.54) is 11.6 Å². The Hall–Kier alpha value is -1.67. The molecule has 0 unspecified atom stereocenters. The largest absolute Gasteiger partial charge is 0.381 e. The molecule has 0 aliphatic rings. The molecule has 0 saturated heterocycles. The summed E-state index contributed by atoms with van der Waals surface area (Å²) in [6.45, 7) is 3.01. The minimum absolute atomic E-state index is 0. The summed E-state index contributed by atoms with van der Waals surface area (Å²) >= 11 is 0. The lowest BCUT2D eigenvalue weighted by molar-refractivity contribution is 0.133. The van der Waals surface area contributed by atoms with Crippen LogP contribution in [0.5, 0.6) is 0 Å². The number of hydrogen-bond acceptors (Lipinski definition) is 2. The average molecular weight is 499 g/mol. The maximum absolute atomic E-state index is 13.6. The SMILES string of the molecule is CN=C(NCCCCOCCc1ccccc1)NCCc1ccccc1F.I. The number of guanidine groups is 1. The van der Waals surface area contributed by atoms with E-state index in [2.05, 4.69) is 39.9 Å². The first-order chi connectivity index (χ1) is 13.3. The van der Waals surface area contributed by atoms with Crippen molar-refractivity contribution >= 4 is 29.9 Å². The third kappa shape index (κ3) is 10.0. The molecule has 0 aromatic heterocycles. The number of halogens is 2. The van der Waals surface area contributed by atoms with E-state index >= 15 is 0 Å². The van der Waals surface area contributed by atoms with Crippen molar-refractivity contribution in [1.82, 2.24) is 10.6 Å². The number of aliphatic imine (C=N–C) groups is 1. The Balaban J connectivity index is 0.00000392. The lowest BCUT2D eigenvalue weighted by atomic mass is 10.1. The normalized spacial score (nSPS) is 11.0. The van der Waals surface area contributed by atoms with Crippen LogP contribution in [0.15, 0.2) is 59.6 Å². The molecule has 0 aliphatic carbocycles. The van der Waals surface area contributed by atoms with Crippen molar-refractivity contribution in [3.05, 3.63) is 71.5 Å². The van der Waals surface area contributed by atoms with Crippen molar-refractivity contribution in [2.75, 3.05) is 33.4 Å². The molecule has 0 atom stereocenters. The van der Waals surface area contributed by atoms with E-state index in [1.54, 1.807) is 13.1 Å². The Labute approximate surface area is 185 Å². The number of benzene rings is 2. The van der Waals surface area contributed by atoms with Crippen LogP contribution in [0, 0.1) is 5.82 Å². The minimum atomic E-state index is -0.158. The summed E-state index contributed by atoms with van der Waals surface area (Å²) in [5, 5.41) is 6.49. The van der Waals surface area contributed by atoms with Crippen LogP contribution in [0.1, 0.15) is 24.0 Å². The molecule has 6 heteroatoms. The molecule has 154 valence electrons. The highest BCUT2D eigenvalue weighted by molar-refractivity contribution is 14.0. The topological polar surface area (TPSA) is 45.7 Å². The fraction of sp³-hybridized carbons (Fsp3) is 0.409. The van der Waals surface area contributed by atoms with Gasteiger partial charge in [-0.1, -0.05) is 48.5 Å². The van der Waals surface area contributed by atoms with Gasteiger partial charge in [0, 0.05) is 26.7 Å². The van der Waals surface area contributed by atoms with Gasteiger partial charge in [0.25, 0.3) is 0 Å². The molecule has 2 aromatic rings. The number of unbranched alkanes of at least 4 members (excludes halogenated alkanes) is 1. The molecule has 0 fully saturated rings. The molecule has 0 heterocycles. The number of ether oxygens (including phenoxy) is 1. The van der Waals surface area contributed by atoms with Gasteiger partial charge in [0.15, 0.2) is 5.96 Å². The zero-order valence-electron chi connectivity index (χ0n) is 16.5. The standard InChI is InChI=1S/C22H30FN3O.HI/c1-24-22(26-16-13-20-11-5-6-12-21(20)23)25-15-7-8-17-27-18-14-19-9-3-2-4-10-19;/h2-6,9-12H,7-8,13-18H2,1H3,(H2,24,25,26);1H. The molecule has 0 aliphatic heterocycles. The molecular formula is C22H31FIN3O. The summed E-state index contributed by atoms with van der Waals surface area (Å²) in [6.07, 6.45) is 3.60. The van der Waals surface area contributed by atoms with Gasteiger partial charge in [-0.25, -0.2) is 4.39 Å². The Kier molecular flexibility index (Phi) is 13.3. The minimum Gasteiger partial charge on any atom is -0.381 e. The zero-order valence-corrected chi connectivity index (χ0v) is 18.8. The molecule has 0 spiro atoms. The highest BCUT2D eigenvalue weighted by Gasteiger charge is 2.01. The molecule has 0 saturated carbocycles. The smallest absolute Gasteiger partial charge is 0.190 e. The molecule has 28 heavy (non-hydrogen) atoms. The van der Waals surface area contributed by atoms with Crippen LogP contribution in [0.2, 0.25) is 0 Å². The second-order valence-electron chi connectivity index (χ2n) is 6.32. The van der Waals surface area contributed by atoms with E-state index < -0.39 is 0 Å². The van der Waals surface area contributed by atoms with Gasteiger partial charge in [-0.15, -0.1) is 24.0 Å². The predicted octanol–water partition coefficient (Wildman–Crippen LogP) is 4.19. The van der Waals surface area contributed by atoms with E-state index in [4.69, 9.17) is 4.74 Å². The van der Waals surface area contributed by atoms with E-state index in [1.807, 2.05) is 18.2 Å². The molecule has 4 nitrogen and oxygen atoms in total. The summed E-state index contributed by atoms with van der Waals surface area (Å²) in [6, 6.07) is 17.2. The third-order valence-corrected chi connectivity index (χ3v) is 4.25. The van der Waals surface area contributed by atoms with E-state index in [0.717, 1.165) is 45.0 Å². The van der Waals surface area contributed by atoms with Gasteiger partial charge in [-0.05, 0) is 42.9 Å². The number of nitrogens with one attached hydrogen (secondary N) is 2. The van der Waals surface area contributed by atoms with Crippen LogP contribution in [-0.2, 0) is 17.6 Å². The summed E-state index contributed by atoms with van der Waals surface area (Å²) in [7, 11) is 1.74. The molecule has 0 bridgehead atoms. The van der Waals surface area contributed by atoms with Crippen LogP contribution >= 0.6 is 24.0 Å². The summed E-state index contributed by atoms with van der Waals surface area (Å²) in [5.74, 6) is 0.589. The summed E-state index contributed by atoms with van der Waals surface area (Å²) in [4.78, 5) is 4.19. The second-order valence-corrected chi connectivity index (χ2v) is 6.32. The monoisotopic (exact) mass is 499 g/mol. The number of rotatable bonds is 11. The summed E-state index contributed by atoms with van der Waals surface area (Å²) < 4.78 is 19.3. The first-order valence-electron chi connectivity index (χ1n) is 9.59. The van der Waals surface area contributed by atoms with Crippen molar-refractivity contribution in [3.63, 3.8) is 0 Å². The van der Waals surface area contributed by atoms with Crippen LogP contribution in [0.3, 0.4) is 0 Å². The van der Waals surface area contributed by atoms with Gasteiger partial charge in [0.1, 0.15) is 5.82 Å². The highest BCUT2D eigenvalue weighted by atomic mass is 127. The van der Waals surface area contributed by atoms with E-state index in [-0.39, 0.29) is 29.8 Å². The number of nitrogens with zero attached hydrogens (tertiary/aromatic N) is 1. The van der Waals surface area contributed by atoms with Gasteiger partial charge in [-0.2, -0.15) is 0 Å². The maximum atomic E-state index is 13.6. The van der Waals surface area contributed by atoms with Crippen LogP contribution in [0.25, 0.3) is 0 Å². The first-order valence-corrected chi connectivity index (χ1v) is 9.59. The Morgan fingerprint density at radius 2 is 1.61 bits per heavy atom. The van der Waals surface area contributed by atoms with Crippen LogP contribution in [-0.4, -0.2) is 39.3 Å². The quantitative estimate of drug-likeness (QED) is 0.211. The average Bonchev–Trinajstić information content (AvgIpc) is 2.70. The van der Waals surface area contributed by atoms with Crippen LogP contribution < -0.4 is 10.6 Å². The van der Waals surface area contributed by atoms with Gasteiger partial charge in [0.05, 0.1) is 6.61 Å². The predicted molar refractivity (Wildman–Crippen MR) is 125 cm³/mol. The van der Waals surface area contributed by atoms with Gasteiger partial charge < -0.3 is 15.4 Å². The fourth-order valence-electron chi connectivity index (χ4n) is 2.71. The Bertz CT molecular complexity index is 682. The Morgan fingerprint density at radius 1 is 0.893 bits per heavy atom. The van der Waals surface area contributed by atoms with Gasteiger partial charge in [-0.3, -0.25) is 4.99 Å². The third-order valence-electron chi connectivity index (χ3n) is 4.25. The van der Waals surface area contributed by atoms with Crippen molar-refractivity contribution in [2.24, 2.45) is 4.99 Å². The fourth-order valence-corrected chi connectivity index (χ4v) is 2.71. The lowest BCUT2D eigenvalue weighted by Gasteiger charge is -2.12. The molecule has 2 aromatic carbocycles. The highest BCUT2D eigenvalue weighted by Crippen LogP contribution is 2.06. The van der Waals surface area contributed by atoms with Gasteiger partial charge in [0.2, 0.25) is 0 Å². The molecule has 0 radical (unpaired) electrons. The van der Waals surface area contributed by atoms with E-state index in [0.29, 0.717) is 18.5 Å². The van der Waals surface area contributed by atoms with Crippen molar-refractivity contribution in [2.45, 2.75) is 25.7 Å². The van der Waals surface area contributed by atoms with E-state index in [9.17, 15) is 4.39 Å². The lowest BCUT2D eigenvalue weighted by Crippen LogP contribution is -2.38. The van der Waals surface area contributed by atoms with Crippen molar-refractivity contribution < 1.29 is 9.13 Å². The first kappa shape index (κ1) is 24.4. The second kappa shape index (κ2) is 15.3. The summed E-state index contributed by atoms with van der Waals surface area (Å²) in [5.41, 5.74) is 2.03. The molecule has 0 amide bonds. The molecular weight excluding hydrogens is 468 g/mol. The zero-order chi connectivity index (χ0) is 19.2. The van der Waals surface area contributed by atoms with Crippen molar-refractivity contribution in [1.29, 1.82) is 0 Å².